The second kappa shape index (κ2) is 10.0. The molecule has 0 bridgehead atoms. The van der Waals surface area contributed by atoms with Gasteiger partial charge in [0.15, 0.2) is 0 Å². The first-order valence-electron chi connectivity index (χ1n) is 10.7. The molecule has 0 spiro atoms. The van der Waals surface area contributed by atoms with Crippen molar-refractivity contribution in [2.45, 2.75) is 71.1 Å². The van der Waals surface area contributed by atoms with E-state index in [0.717, 1.165) is 24.3 Å². The second-order valence-corrected chi connectivity index (χ2v) is 8.22. The minimum atomic E-state index is -0.448. The van der Waals surface area contributed by atoms with Crippen LogP contribution in [0, 0.1) is 23.5 Å². The van der Waals surface area contributed by atoms with Crippen molar-refractivity contribution in [3.05, 3.63) is 59.7 Å². The monoisotopic (exact) mass is 370 g/mol. The fraction of sp³-hybridized carbons (Fsp3) is 0.520. The van der Waals surface area contributed by atoms with E-state index in [1.165, 1.54) is 63.5 Å². The molecule has 2 aromatic rings. The highest BCUT2D eigenvalue weighted by Crippen LogP contribution is 2.35. The lowest BCUT2D eigenvalue weighted by molar-refractivity contribution is 0.249. The van der Waals surface area contributed by atoms with Crippen molar-refractivity contribution < 1.29 is 8.78 Å². The largest absolute Gasteiger partial charge is 0.206 e. The Morgan fingerprint density at radius 2 is 1.41 bits per heavy atom. The maximum Gasteiger partial charge on any atom is 0.134 e. The van der Waals surface area contributed by atoms with Crippen molar-refractivity contribution in [3.8, 4) is 11.1 Å². The van der Waals surface area contributed by atoms with Crippen LogP contribution in [-0.2, 0) is 6.42 Å². The molecule has 1 fully saturated rings. The van der Waals surface area contributed by atoms with Crippen LogP contribution in [0.4, 0.5) is 8.78 Å². The Balaban J connectivity index is 1.52. The molecule has 0 heterocycles. The average Bonchev–Trinajstić information content (AvgIpc) is 2.68. The van der Waals surface area contributed by atoms with E-state index in [0.29, 0.717) is 11.5 Å². The molecule has 0 aliphatic heterocycles. The summed E-state index contributed by atoms with van der Waals surface area (Å²) < 4.78 is 29.0. The predicted octanol–water partition coefficient (Wildman–Crippen LogP) is 7.95. The molecule has 0 atom stereocenters. The third-order valence-corrected chi connectivity index (χ3v) is 6.19. The van der Waals surface area contributed by atoms with Gasteiger partial charge < -0.3 is 0 Å². The molecule has 3 rings (SSSR count). The minimum absolute atomic E-state index is 0.0898. The van der Waals surface area contributed by atoms with Crippen LogP contribution in [0.15, 0.2) is 42.5 Å². The predicted molar refractivity (Wildman–Crippen MR) is 110 cm³/mol. The third-order valence-electron chi connectivity index (χ3n) is 6.19. The fourth-order valence-corrected chi connectivity index (χ4v) is 4.51. The van der Waals surface area contributed by atoms with Crippen molar-refractivity contribution in [1.29, 1.82) is 0 Å². The number of aryl methyl sites for hydroxylation is 1. The topological polar surface area (TPSA) is 0 Å². The van der Waals surface area contributed by atoms with Crippen LogP contribution in [0.2, 0.25) is 0 Å². The van der Waals surface area contributed by atoms with Gasteiger partial charge in [-0.15, -0.1) is 0 Å². The average molecular weight is 371 g/mol. The van der Waals surface area contributed by atoms with Gasteiger partial charge in [0.05, 0.1) is 5.56 Å². The number of halogens is 2. The van der Waals surface area contributed by atoms with E-state index < -0.39 is 11.6 Å². The quantitative estimate of drug-likeness (QED) is 0.414. The first kappa shape index (κ1) is 20.0. The second-order valence-electron chi connectivity index (χ2n) is 8.22. The van der Waals surface area contributed by atoms with Gasteiger partial charge >= 0.3 is 0 Å². The Kier molecular flexibility index (Phi) is 7.43. The molecule has 1 saturated carbocycles. The number of benzene rings is 2. The van der Waals surface area contributed by atoms with Gasteiger partial charge in [-0.3, -0.25) is 0 Å². The van der Waals surface area contributed by atoms with E-state index >= 15 is 0 Å². The number of hydrogen-bond acceptors (Lipinski definition) is 0. The lowest BCUT2D eigenvalue weighted by Gasteiger charge is -2.28. The molecule has 0 nitrogen and oxygen atoms in total. The summed E-state index contributed by atoms with van der Waals surface area (Å²) in [6, 6.07) is 12.0. The van der Waals surface area contributed by atoms with Gasteiger partial charge in [-0.1, -0.05) is 88.6 Å². The van der Waals surface area contributed by atoms with Gasteiger partial charge in [-0.25, -0.2) is 8.78 Å². The zero-order valence-corrected chi connectivity index (χ0v) is 16.5. The fourth-order valence-electron chi connectivity index (χ4n) is 4.51. The maximum absolute atomic E-state index is 14.5. The lowest BCUT2D eigenvalue weighted by atomic mass is 9.77. The number of hydrogen-bond donors (Lipinski definition) is 0. The molecule has 1 aliphatic carbocycles. The Bertz CT molecular complexity index is 677. The number of unbranched alkanes of at least 4 members (excludes halogenated alkanes) is 2. The van der Waals surface area contributed by atoms with E-state index in [-0.39, 0.29) is 5.56 Å². The highest BCUT2D eigenvalue weighted by Gasteiger charge is 2.21. The SMILES string of the molecule is CCCCCC1CCC(CCc2cc(F)c(-c3ccccc3)c(F)c2)CC1. The van der Waals surface area contributed by atoms with Crippen molar-refractivity contribution >= 4 is 0 Å². The van der Waals surface area contributed by atoms with Crippen LogP contribution in [0.25, 0.3) is 11.1 Å². The van der Waals surface area contributed by atoms with E-state index in [1.54, 1.807) is 24.3 Å². The summed E-state index contributed by atoms with van der Waals surface area (Å²) in [5.41, 5.74) is 1.47. The zero-order valence-electron chi connectivity index (χ0n) is 16.5. The molecule has 1 aliphatic rings. The van der Waals surface area contributed by atoms with Crippen LogP contribution in [0.5, 0.6) is 0 Å². The van der Waals surface area contributed by atoms with Crippen molar-refractivity contribution in [1.82, 2.24) is 0 Å². The minimum Gasteiger partial charge on any atom is -0.206 e. The van der Waals surface area contributed by atoms with Crippen LogP contribution >= 0.6 is 0 Å². The summed E-state index contributed by atoms with van der Waals surface area (Å²) in [7, 11) is 0. The van der Waals surface area contributed by atoms with Gasteiger partial charge in [-0.05, 0) is 47.9 Å². The van der Waals surface area contributed by atoms with E-state index in [1.807, 2.05) is 6.07 Å². The molecule has 2 heteroatoms. The summed E-state index contributed by atoms with van der Waals surface area (Å²) in [4.78, 5) is 0. The smallest absolute Gasteiger partial charge is 0.134 e. The molecular weight excluding hydrogens is 338 g/mol. The molecule has 0 amide bonds. The van der Waals surface area contributed by atoms with Crippen LogP contribution in [-0.4, -0.2) is 0 Å². The highest BCUT2D eigenvalue weighted by molar-refractivity contribution is 5.65. The van der Waals surface area contributed by atoms with Crippen molar-refractivity contribution in [3.63, 3.8) is 0 Å². The Morgan fingerprint density at radius 3 is 2.00 bits per heavy atom. The molecule has 2 aromatic carbocycles. The summed E-state index contributed by atoms with van der Waals surface area (Å²) in [5, 5.41) is 0. The third kappa shape index (κ3) is 5.64. The van der Waals surface area contributed by atoms with Gasteiger partial charge in [0.25, 0.3) is 0 Å². The molecular formula is C25H32F2. The standard InChI is InChI=1S/C25H32F2/c1-2-3-5-8-19-11-13-20(14-12-19)15-16-21-17-23(26)25(24(27)18-21)22-9-6-4-7-10-22/h4,6-7,9-10,17-20H,2-3,5,8,11-16H2,1H3. The zero-order chi connectivity index (χ0) is 19.1. The molecule has 0 aromatic heterocycles. The first-order valence-corrected chi connectivity index (χ1v) is 10.7. The van der Waals surface area contributed by atoms with E-state index in [9.17, 15) is 8.78 Å². The molecule has 0 N–H and O–H groups in total. The van der Waals surface area contributed by atoms with Gasteiger partial charge in [0.1, 0.15) is 11.6 Å². The molecule has 27 heavy (non-hydrogen) atoms. The van der Waals surface area contributed by atoms with Crippen LogP contribution < -0.4 is 0 Å². The van der Waals surface area contributed by atoms with Gasteiger partial charge in [-0.2, -0.15) is 0 Å². The summed E-state index contributed by atoms with van der Waals surface area (Å²) >= 11 is 0. The van der Waals surface area contributed by atoms with Gasteiger partial charge in [0, 0.05) is 0 Å². The van der Waals surface area contributed by atoms with E-state index in [2.05, 4.69) is 6.92 Å². The maximum atomic E-state index is 14.5. The van der Waals surface area contributed by atoms with Crippen LogP contribution in [0.3, 0.4) is 0 Å². The molecule has 0 radical (unpaired) electrons. The summed E-state index contributed by atoms with van der Waals surface area (Å²) in [5.74, 6) is 0.729. The normalized spacial score (nSPS) is 20.0. The highest BCUT2D eigenvalue weighted by atomic mass is 19.1. The molecule has 146 valence electrons. The van der Waals surface area contributed by atoms with Crippen LogP contribution in [0.1, 0.15) is 70.3 Å². The molecule has 0 saturated heterocycles. The van der Waals surface area contributed by atoms with Crippen molar-refractivity contribution in [2.24, 2.45) is 11.8 Å². The molecule has 0 unspecified atom stereocenters. The van der Waals surface area contributed by atoms with Crippen molar-refractivity contribution in [2.75, 3.05) is 0 Å². The van der Waals surface area contributed by atoms with Gasteiger partial charge in [0.2, 0.25) is 0 Å². The number of rotatable bonds is 8. The lowest BCUT2D eigenvalue weighted by Crippen LogP contribution is -2.15. The first-order chi connectivity index (χ1) is 13.2. The Hall–Kier alpha value is -1.70. The Labute approximate surface area is 163 Å². The summed E-state index contributed by atoms with van der Waals surface area (Å²) in [6.45, 7) is 2.26. The Morgan fingerprint density at radius 1 is 0.815 bits per heavy atom. The summed E-state index contributed by atoms with van der Waals surface area (Å²) in [6.07, 6.45) is 12.5. The van der Waals surface area contributed by atoms with E-state index in [4.69, 9.17) is 0 Å².